The van der Waals surface area contributed by atoms with Crippen LogP contribution >= 0.6 is 0 Å². The molecule has 0 spiro atoms. The number of unbranched alkanes of at least 4 members (excludes halogenated alkanes) is 1. The Kier molecular flexibility index (Phi) is 6.30. The first-order valence-electron chi connectivity index (χ1n) is 10.8. The number of carbonyl (C=O) groups excluding carboxylic acids is 3. The average Bonchev–Trinajstić information content (AvgIpc) is 2.90. The summed E-state index contributed by atoms with van der Waals surface area (Å²) in [5.74, 6) is -2.55. The summed E-state index contributed by atoms with van der Waals surface area (Å²) in [7, 11) is 0. The maximum absolute atomic E-state index is 13.2. The lowest BCUT2D eigenvalue weighted by atomic mass is 9.60. The second-order valence-electron chi connectivity index (χ2n) is 9.39. The molecule has 158 valence electrons. The van der Waals surface area contributed by atoms with Crippen molar-refractivity contribution >= 4 is 17.5 Å². The molecule has 0 bridgehead atoms. The Labute approximate surface area is 167 Å². The summed E-state index contributed by atoms with van der Waals surface area (Å²) in [4.78, 5) is 38.5. The first-order chi connectivity index (χ1) is 13.2. The van der Waals surface area contributed by atoms with Gasteiger partial charge in [-0.1, -0.05) is 27.2 Å². The van der Waals surface area contributed by atoms with E-state index in [1.54, 1.807) is 6.92 Å². The number of ketones is 2. The van der Waals surface area contributed by atoms with Gasteiger partial charge in [0.05, 0.1) is 24.7 Å². The Bertz CT molecular complexity index is 629. The molecule has 0 aromatic carbocycles. The van der Waals surface area contributed by atoms with E-state index in [9.17, 15) is 19.5 Å². The van der Waals surface area contributed by atoms with Gasteiger partial charge in [-0.15, -0.1) is 0 Å². The van der Waals surface area contributed by atoms with E-state index in [1.165, 1.54) is 0 Å². The minimum absolute atomic E-state index is 0.135. The Morgan fingerprint density at radius 1 is 1.32 bits per heavy atom. The Balaban J connectivity index is 1.81. The van der Waals surface area contributed by atoms with Crippen molar-refractivity contribution in [1.29, 1.82) is 0 Å². The molecule has 7 unspecified atom stereocenters. The molecule has 3 aliphatic rings. The number of hydrogen-bond donors (Lipinski definition) is 1. The number of carbonyl (C=O) groups is 3. The normalized spacial score (nSPS) is 40.2. The molecule has 0 radical (unpaired) electrons. The zero-order valence-electron chi connectivity index (χ0n) is 17.5. The number of aliphatic hydroxyl groups is 1. The van der Waals surface area contributed by atoms with Gasteiger partial charge in [0.15, 0.2) is 11.4 Å². The summed E-state index contributed by atoms with van der Waals surface area (Å²) >= 11 is 0. The van der Waals surface area contributed by atoms with Crippen molar-refractivity contribution in [3.8, 4) is 0 Å². The molecule has 2 heterocycles. The summed E-state index contributed by atoms with van der Waals surface area (Å²) in [6, 6.07) is 0. The minimum atomic E-state index is -1.28. The molecule has 0 amide bonds. The van der Waals surface area contributed by atoms with E-state index >= 15 is 0 Å². The highest BCUT2D eigenvalue weighted by Gasteiger charge is 2.65. The fourth-order valence-corrected chi connectivity index (χ4v) is 5.24. The topological polar surface area (TPSA) is 89.9 Å². The summed E-state index contributed by atoms with van der Waals surface area (Å²) in [6.07, 6.45) is 2.99. The SMILES string of the molecule is CCCCC(=O)C1C(=O)OC2(C)C(=O)C3COC(CCC(C)C)C(O)C3CC12. The first kappa shape index (κ1) is 21.4. The maximum Gasteiger partial charge on any atom is 0.317 e. The smallest absolute Gasteiger partial charge is 0.317 e. The van der Waals surface area contributed by atoms with Gasteiger partial charge in [-0.3, -0.25) is 14.4 Å². The Hall–Kier alpha value is -1.27. The molecular formula is C22H34O6. The Morgan fingerprint density at radius 3 is 2.68 bits per heavy atom. The maximum atomic E-state index is 13.2. The van der Waals surface area contributed by atoms with Gasteiger partial charge in [-0.25, -0.2) is 0 Å². The van der Waals surface area contributed by atoms with Crippen molar-refractivity contribution in [3.05, 3.63) is 0 Å². The third-order valence-electron chi connectivity index (χ3n) is 7.01. The number of hydrogen-bond acceptors (Lipinski definition) is 6. The van der Waals surface area contributed by atoms with Gasteiger partial charge in [-0.05, 0) is 44.4 Å². The van der Waals surface area contributed by atoms with Gasteiger partial charge >= 0.3 is 5.97 Å². The number of Topliss-reactive ketones (excluding diaryl/α,β-unsaturated/α-hetero) is 2. The highest BCUT2D eigenvalue weighted by molar-refractivity contribution is 6.05. The minimum Gasteiger partial charge on any atom is -0.450 e. The molecule has 1 saturated carbocycles. The third-order valence-corrected chi connectivity index (χ3v) is 7.01. The van der Waals surface area contributed by atoms with Gasteiger partial charge in [0.1, 0.15) is 11.7 Å². The lowest BCUT2D eigenvalue weighted by molar-refractivity contribution is -0.189. The van der Waals surface area contributed by atoms with E-state index < -0.39 is 35.4 Å². The molecule has 2 saturated heterocycles. The summed E-state index contributed by atoms with van der Waals surface area (Å²) in [5.41, 5.74) is -1.28. The first-order valence-corrected chi connectivity index (χ1v) is 10.8. The molecule has 6 nitrogen and oxygen atoms in total. The van der Waals surface area contributed by atoms with Gasteiger partial charge in [-0.2, -0.15) is 0 Å². The lowest BCUT2D eigenvalue weighted by Gasteiger charge is -2.48. The predicted molar refractivity (Wildman–Crippen MR) is 102 cm³/mol. The number of esters is 1. The van der Waals surface area contributed by atoms with Gasteiger partial charge < -0.3 is 14.6 Å². The second kappa shape index (κ2) is 8.23. The zero-order chi connectivity index (χ0) is 20.6. The highest BCUT2D eigenvalue weighted by Crippen LogP contribution is 2.52. The fraction of sp³-hybridized carbons (Fsp3) is 0.864. The number of ether oxygens (including phenoxy) is 2. The highest BCUT2D eigenvalue weighted by atomic mass is 16.6. The van der Waals surface area contributed by atoms with Crippen molar-refractivity contribution in [2.45, 2.75) is 84.0 Å². The molecule has 3 fully saturated rings. The molecular weight excluding hydrogens is 360 g/mol. The molecule has 2 aliphatic heterocycles. The van der Waals surface area contributed by atoms with Crippen molar-refractivity contribution in [3.63, 3.8) is 0 Å². The van der Waals surface area contributed by atoms with Crippen molar-refractivity contribution in [1.82, 2.24) is 0 Å². The van der Waals surface area contributed by atoms with Gasteiger partial charge in [0, 0.05) is 12.3 Å². The van der Waals surface area contributed by atoms with Crippen LogP contribution < -0.4 is 0 Å². The predicted octanol–water partition coefficient (Wildman–Crippen LogP) is 2.69. The standard InChI is InChI=1S/C22H34O6/c1-5-6-7-16(23)18-15-10-13-14(20(25)22(15,4)28-21(18)26)11-27-17(19(13)24)9-8-12(2)3/h12-15,17-19,24H,5-11H2,1-4H3. The Morgan fingerprint density at radius 2 is 2.04 bits per heavy atom. The van der Waals surface area contributed by atoms with Gasteiger partial charge in [0.2, 0.25) is 0 Å². The zero-order valence-corrected chi connectivity index (χ0v) is 17.5. The van der Waals surface area contributed by atoms with Crippen LogP contribution in [-0.4, -0.2) is 47.1 Å². The molecule has 28 heavy (non-hydrogen) atoms. The summed E-state index contributed by atoms with van der Waals surface area (Å²) < 4.78 is 11.4. The van der Waals surface area contributed by atoms with Crippen LogP contribution in [0.25, 0.3) is 0 Å². The van der Waals surface area contributed by atoms with Crippen LogP contribution in [0.15, 0.2) is 0 Å². The molecule has 0 aromatic heterocycles. The van der Waals surface area contributed by atoms with Crippen molar-refractivity contribution in [2.75, 3.05) is 6.61 Å². The van der Waals surface area contributed by atoms with Crippen LogP contribution in [0.1, 0.15) is 66.2 Å². The van der Waals surface area contributed by atoms with Crippen molar-refractivity contribution < 1.29 is 29.0 Å². The number of aliphatic hydroxyl groups excluding tert-OH is 1. The van der Waals surface area contributed by atoms with E-state index in [2.05, 4.69) is 13.8 Å². The van der Waals surface area contributed by atoms with E-state index in [4.69, 9.17) is 9.47 Å². The molecule has 7 atom stereocenters. The largest absolute Gasteiger partial charge is 0.450 e. The molecule has 0 aromatic rings. The second-order valence-corrected chi connectivity index (χ2v) is 9.39. The molecule has 1 aliphatic carbocycles. The van der Waals surface area contributed by atoms with E-state index in [0.717, 1.165) is 25.7 Å². The van der Waals surface area contributed by atoms with Crippen LogP contribution in [-0.2, 0) is 23.9 Å². The van der Waals surface area contributed by atoms with Crippen LogP contribution in [0.2, 0.25) is 0 Å². The van der Waals surface area contributed by atoms with Crippen LogP contribution in [0.5, 0.6) is 0 Å². The van der Waals surface area contributed by atoms with Gasteiger partial charge in [0.25, 0.3) is 0 Å². The van der Waals surface area contributed by atoms with E-state index in [0.29, 0.717) is 18.8 Å². The van der Waals surface area contributed by atoms with Crippen molar-refractivity contribution in [2.24, 2.45) is 29.6 Å². The fourth-order valence-electron chi connectivity index (χ4n) is 5.24. The van der Waals surface area contributed by atoms with E-state index in [-0.39, 0.29) is 30.2 Å². The summed E-state index contributed by atoms with van der Waals surface area (Å²) in [6.45, 7) is 8.13. The molecule has 6 heteroatoms. The number of fused-ring (bicyclic) bond motifs is 2. The van der Waals surface area contributed by atoms with E-state index in [1.807, 2.05) is 6.92 Å². The average molecular weight is 395 g/mol. The molecule has 3 rings (SSSR count). The lowest BCUT2D eigenvalue weighted by Crippen LogP contribution is -2.60. The van der Waals surface area contributed by atoms with Crippen LogP contribution in [0.4, 0.5) is 0 Å². The quantitative estimate of drug-likeness (QED) is 0.527. The summed E-state index contributed by atoms with van der Waals surface area (Å²) in [5, 5.41) is 10.9. The van der Waals surface area contributed by atoms with Crippen LogP contribution in [0, 0.1) is 29.6 Å². The molecule has 1 N–H and O–H groups in total. The monoisotopic (exact) mass is 394 g/mol. The number of rotatable bonds is 7. The third kappa shape index (κ3) is 3.65. The van der Waals surface area contributed by atoms with Crippen LogP contribution in [0.3, 0.4) is 0 Å².